The van der Waals surface area contributed by atoms with Crippen LogP contribution in [0.4, 0.5) is 21.6 Å². The third kappa shape index (κ3) is 4.33. The number of ether oxygens (including phenoxy) is 2. The number of hydrogen-bond acceptors (Lipinski definition) is 7. The molecule has 6 nitrogen and oxygen atoms in total. The van der Waals surface area contributed by atoms with E-state index in [0.717, 1.165) is 15.9 Å². The Morgan fingerprint density at radius 2 is 1.86 bits per heavy atom. The number of hydrogen-bond donors (Lipinski definition) is 1. The number of halogens is 1. The molecule has 0 saturated heterocycles. The molecule has 4 aromatic rings. The molecule has 0 saturated carbocycles. The zero-order chi connectivity index (χ0) is 20.2. The van der Waals surface area contributed by atoms with Crippen molar-refractivity contribution in [3.63, 3.8) is 0 Å². The molecule has 0 radical (unpaired) electrons. The molecule has 0 aliphatic carbocycles. The maximum Gasteiger partial charge on any atom is 0.156 e. The van der Waals surface area contributed by atoms with Crippen LogP contribution in [0.2, 0.25) is 0 Å². The van der Waals surface area contributed by atoms with Crippen LogP contribution in [0.15, 0.2) is 59.7 Å². The first kappa shape index (κ1) is 18.8. The Hall–Kier alpha value is -3.52. The van der Waals surface area contributed by atoms with E-state index in [2.05, 4.69) is 20.3 Å². The van der Waals surface area contributed by atoms with Crippen molar-refractivity contribution >= 4 is 45.0 Å². The highest BCUT2D eigenvalue weighted by atomic mass is 32.1. The Morgan fingerprint density at radius 1 is 1.07 bits per heavy atom. The van der Waals surface area contributed by atoms with Crippen LogP contribution in [-0.2, 0) is 0 Å². The summed E-state index contributed by atoms with van der Waals surface area (Å²) in [6, 6.07) is 13.6. The SMILES string of the molecule is COc1cc(Nc2ncccc2N=Cc2nc3ccc(F)cc3s2)cc(OC)c1. The highest BCUT2D eigenvalue weighted by Crippen LogP contribution is 2.31. The van der Waals surface area contributed by atoms with Gasteiger partial charge in [0.2, 0.25) is 0 Å². The van der Waals surface area contributed by atoms with Gasteiger partial charge in [-0.25, -0.2) is 19.4 Å². The average Bonchev–Trinajstić information content (AvgIpc) is 3.14. The van der Waals surface area contributed by atoms with Crippen molar-refractivity contribution < 1.29 is 13.9 Å². The topological polar surface area (TPSA) is 68.6 Å². The number of aromatic nitrogens is 2. The Kier molecular flexibility index (Phi) is 5.35. The predicted octanol–water partition coefficient (Wildman–Crippen LogP) is 5.34. The van der Waals surface area contributed by atoms with Gasteiger partial charge in [0, 0.05) is 30.1 Å². The van der Waals surface area contributed by atoms with Crippen molar-refractivity contribution in [3.8, 4) is 11.5 Å². The van der Waals surface area contributed by atoms with Gasteiger partial charge in [0.1, 0.15) is 28.0 Å². The fourth-order valence-electron chi connectivity index (χ4n) is 2.71. The monoisotopic (exact) mass is 408 g/mol. The minimum atomic E-state index is -0.280. The standard InChI is InChI=1S/C21H17FN4O2S/c1-27-15-9-14(10-16(11-15)28-2)25-21-18(4-3-7-23-21)24-12-20-26-17-6-5-13(22)8-19(17)29-20/h3-12H,1-2H3,(H,23,25). The number of nitrogens with one attached hydrogen (secondary N) is 1. The molecular weight excluding hydrogens is 391 g/mol. The lowest BCUT2D eigenvalue weighted by Gasteiger charge is -2.11. The molecular formula is C21H17FN4O2S. The van der Waals surface area contributed by atoms with Gasteiger partial charge in [-0.2, -0.15) is 0 Å². The van der Waals surface area contributed by atoms with E-state index >= 15 is 0 Å². The summed E-state index contributed by atoms with van der Waals surface area (Å²) in [7, 11) is 3.19. The molecule has 0 aliphatic rings. The largest absolute Gasteiger partial charge is 0.497 e. The average molecular weight is 408 g/mol. The smallest absolute Gasteiger partial charge is 0.156 e. The predicted molar refractivity (Wildman–Crippen MR) is 114 cm³/mol. The van der Waals surface area contributed by atoms with Gasteiger partial charge < -0.3 is 14.8 Å². The van der Waals surface area contributed by atoms with Crippen molar-refractivity contribution in [1.82, 2.24) is 9.97 Å². The molecule has 29 heavy (non-hydrogen) atoms. The van der Waals surface area contributed by atoms with Crippen molar-refractivity contribution in [3.05, 3.63) is 65.6 Å². The number of thiazole rings is 1. The molecule has 4 rings (SSSR count). The van der Waals surface area contributed by atoms with Gasteiger partial charge in [0.05, 0.1) is 30.7 Å². The molecule has 2 aromatic heterocycles. The van der Waals surface area contributed by atoms with Crippen LogP contribution in [0.5, 0.6) is 11.5 Å². The van der Waals surface area contributed by atoms with E-state index in [4.69, 9.17) is 9.47 Å². The Morgan fingerprint density at radius 3 is 2.62 bits per heavy atom. The van der Waals surface area contributed by atoms with Gasteiger partial charge in [-0.1, -0.05) is 0 Å². The van der Waals surface area contributed by atoms with E-state index in [-0.39, 0.29) is 5.82 Å². The van der Waals surface area contributed by atoms with Gasteiger partial charge in [-0.15, -0.1) is 11.3 Å². The van der Waals surface area contributed by atoms with Crippen molar-refractivity contribution in [2.75, 3.05) is 19.5 Å². The summed E-state index contributed by atoms with van der Waals surface area (Å²) in [6.45, 7) is 0. The van der Waals surface area contributed by atoms with E-state index in [0.29, 0.717) is 28.0 Å². The summed E-state index contributed by atoms with van der Waals surface area (Å²) >= 11 is 1.38. The van der Waals surface area contributed by atoms with Crippen LogP contribution in [0.25, 0.3) is 10.2 Å². The van der Waals surface area contributed by atoms with Crippen LogP contribution in [0, 0.1) is 5.82 Å². The summed E-state index contributed by atoms with van der Waals surface area (Å²) in [6.07, 6.45) is 3.33. The highest BCUT2D eigenvalue weighted by Gasteiger charge is 2.07. The minimum absolute atomic E-state index is 0.280. The van der Waals surface area contributed by atoms with E-state index in [1.165, 1.54) is 23.5 Å². The Labute approximate surface area is 170 Å². The molecule has 0 atom stereocenters. The van der Waals surface area contributed by atoms with Crippen molar-refractivity contribution in [2.24, 2.45) is 4.99 Å². The van der Waals surface area contributed by atoms with Crippen LogP contribution in [0.3, 0.4) is 0 Å². The Bertz CT molecular complexity index is 1170. The van der Waals surface area contributed by atoms with Crippen LogP contribution in [-0.4, -0.2) is 30.4 Å². The maximum atomic E-state index is 13.4. The molecule has 0 fully saturated rings. The number of aliphatic imine (C=N–C) groups is 1. The first-order valence-corrected chi connectivity index (χ1v) is 9.51. The fourth-order valence-corrected chi connectivity index (χ4v) is 3.57. The normalized spacial score (nSPS) is 11.1. The first-order valence-electron chi connectivity index (χ1n) is 8.70. The first-order chi connectivity index (χ1) is 14.1. The number of pyridine rings is 1. The molecule has 0 amide bonds. The molecule has 1 N–H and O–H groups in total. The Balaban J connectivity index is 1.62. The van der Waals surface area contributed by atoms with E-state index in [1.807, 2.05) is 18.2 Å². The van der Waals surface area contributed by atoms with Gasteiger partial charge in [0.15, 0.2) is 5.82 Å². The number of fused-ring (bicyclic) bond motifs is 1. The second-order valence-electron chi connectivity index (χ2n) is 6.02. The maximum absolute atomic E-state index is 13.4. The van der Waals surface area contributed by atoms with Crippen LogP contribution >= 0.6 is 11.3 Å². The zero-order valence-corrected chi connectivity index (χ0v) is 16.5. The van der Waals surface area contributed by atoms with Crippen LogP contribution in [0.1, 0.15) is 5.01 Å². The number of anilines is 2. The second kappa shape index (κ2) is 8.24. The molecule has 2 heterocycles. The van der Waals surface area contributed by atoms with Crippen molar-refractivity contribution in [1.29, 1.82) is 0 Å². The number of nitrogens with zero attached hydrogens (tertiary/aromatic N) is 3. The molecule has 0 bridgehead atoms. The third-order valence-corrected chi connectivity index (χ3v) is 5.03. The van der Waals surface area contributed by atoms with Gasteiger partial charge >= 0.3 is 0 Å². The summed E-state index contributed by atoms with van der Waals surface area (Å²) in [5.74, 6) is 1.62. The van der Waals surface area contributed by atoms with Crippen LogP contribution < -0.4 is 14.8 Å². The molecule has 0 spiro atoms. The molecule has 146 valence electrons. The van der Waals surface area contributed by atoms with E-state index in [1.54, 1.807) is 44.8 Å². The van der Waals surface area contributed by atoms with Gasteiger partial charge in [-0.3, -0.25) is 0 Å². The number of methoxy groups -OCH3 is 2. The van der Waals surface area contributed by atoms with Gasteiger partial charge in [-0.05, 0) is 30.3 Å². The van der Waals surface area contributed by atoms with E-state index in [9.17, 15) is 4.39 Å². The van der Waals surface area contributed by atoms with Crippen molar-refractivity contribution in [2.45, 2.75) is 0 Å². The number of rotatable bonds is 6. The lowest BCUT2D eigenvalue weighted by Crippen LogP contribution is -1.96. The lowest BCUT2D eigenvalue weighted by molar-refractivity contribution is 0.395. The highest BCUT2D eigenvalue weighted by molar-refractivity contribution is 7.20. The number of benzene rings is 2. The quantitative estimate of drug-likeness (QED) is 0.436. The summed E-state index contributed by atoms with van der Waals surface area (Å²) in [5, 5.41) is 3.92. The van der Waals surface area contributed by atoms with E-state index < -0.39 is 0 Å². The minimum Gasteiger partial charge on any atom is -0.497 e. The summed E-state index contributed by atoms with van der Waals surface area (Å²) in [5.41, 5.74) is 2.14. The molecule has 8 heteroatoms. The lowest BCUT2D eigenvalue weighted by atomic mass is 10.2. The molecule has 2 aromatic carbocycles. The second-order valence-corrected chi connectivity index (χ2v) is 7.08. The molecule has 0 aliphatic heterocycles. The fraction of sp³-hybridized carbons (Fsp3) is 0.0952. The summed E-state index contributed by atoms with van der Waals surface area (Å²) in [4.78, 5) is 13.4. The molecule has 0 unspecified atom stereocenters. The summed E-state index contributed by atoms with van der Waals surface area (Å²) < 4.78 is 24.8. The van der Waals surface area contributed by atoms with Gasteiger partial charge in [0.25, 0.3) is 0 Å². The third-order valence-electron chi connectivity index (χ3n) is 4.08. The zero-order valence-electron chi connectivity index (χ0n) is 15.7.